The molecule has 6 heteroatoms. The quantitative estimate of drug-likeness (QED) is 0.253. The van der Waals surface area contributed by atoms with Crippen molar-refractivity contribution >= 4 is 39.1 Å². The number of rotatable bonds is 7. The monoisotopic (exact) mass is 561 g/mol. The fraction of sp³-hybridized carbons (Fsp3) is 0.333. The molecular formula is C27H29FINO3. The van der Waals surface area contributed by atoms with Gasteiger partial charge in [0.15, 0.2) is 5.76 Å². The minimum Gasteiger partial charge on any atom is -0.500 e. The van der Waals surface area contributed by atoms with E-state index in [0.717, 1.165) is 57.2 Å². The Labute approximate surface area is 208 Å². The molecule has 0 N–H and O–H groups in total. The fourth-order valence-corrected chi connectivity index (χ4v) is 5.41. The van der Waals surface area contributed by atoms with Gasteiger partial charge in [-0.05, 0) is 84.7 Å². The second kappa shape index (κ2) is 10.3. The Balaban J connectivity index is 1.71. The molecule has 0 aromatic heterocycles. The molecule has 0 spiro atoms. The van der Waals surface area contributed by atoms with Crippen molar-refractivity contribution in [3.8, 4) is 5.75 Å². The SMILES string of the molecule is COC=C(OCC1(c2ccc(F)cc2)CCN(C)CC1)c1cc(I)c(OC)c2ccccc12. The summed E-state index contributed by atoms with van der Waals surface area (Å²) in [5.74, 6) is 1.31. The normalized spacial score (nSPS) is 16.6. The average molecular weight is 561 g/mol. The molecule has 174 valence electrons. The van der Waals surface area contributed by atoms with E-state index in [-0.39, 0.29) is 11.2 Å². The predicted molar refractivity (Wildman–Crippen MR) is 139 cm³/mol. The third-order valence-electron chi connectivity index (χ3n) is 6.55. The number of likely N-dealkylation sites (tertiary alicyclic amines) is 1. The Morgan fingerprint density at radius 2 is 1.73 bits per heavy atom. The van der Waals surface area contributed by atoms with E-state index in [1.54, 1.807) is 32.6 Å². The number of benzene rings is 3. The zero-order chi connectivity index (χ0) is 23.4. The van der Waals surface area contributed by atoms with Crippen LogP contribution in [0.1, 0.15) is 24.0 Å². The Bertz CT molecular complexity index is 1140. The molecule has 1 aliphatic rings. The number of halogens is 2. The molecule has 4 nitrogen and oxygen atoms in total. The van der Waals surface area contributed by atoms with Crippen molar-refractivity contribution in [2.75, 3.05) is 41.0 Å². The Hall–Kier alpha value is -2.32. The number of methoxy groups -OCH3 is 2. The number of fused-ring (bicyclic) bond motifs is 1. The summed E-state index contributed by atoms with van der Waals surface area (Å²) in [7, 11) is 5.46. The van der Waals surface area contributed by atoms with Gasteiger partial charge in [-0.15, -0.1) is 0 Å². The second-order valence-corrected chi connectivity index (χ2v) is 9.74. The molecule has 1 saturated heterocycles. The summed E-state index contributed by atoms with van der Waals surface area (Å²) in [4.78, 5) is 2.33. The third-order valence-corrected chi connectivity index (χ3v) is 7.35. The zero-order valence-corrected chi connectivity index (χ0v) is 21.4. The summed E-state index contributed by atoms with van der Waals surface area (Å²) in [6, 6.07) is 17.1. The Kier molecular flexibility index (Phi) is 7.44. The van der Waals surface area contributed by atoms with Gasteiger partial charge in [-0.25, -0.2) is 4.39 Å². The summed E-state index contributed by atoms with van der Waals surface area (Å²) < 4.78 is 32.3. The average Bonchev–Trinajstić information content (AvgIpc) is 2.83. The molecule has 4 rings (SSSR count). The lowest BCUT2D eigenvalue weighted by molar-refractivity contribution is 0.110. The van der Waals surface area contributed by atoms with E-state index in [4.69, 9.17) is 14.2 Å². The highest BCUT2D eigenvalue weighted by Gasteiger charge is 2.37. The van der Waals surface area contributed by atoms with E-state index in [9.17, 15) is 4.39 Å². The van der Waals surface area contributed by atoms with Gasteiger partial charge in [-0.3, -0.25) is 0 Å². The number of hydrogen-bond donors (Lipinski definition) is 0. The lowest BCUT2D eigenvalue weighted by Crippen LogP contribution is -2.43. The first-order valence-corrected chi connectivity index (χ1v) is 12.1. The van der Waals surface area contributed by atoms with E-state index < -0.39 is 0 Å². The van der Waals surface area contributed by atoms with Gasteiger partial charge >= 0.3 is 0 Å². The Morgan fingerprint density at radius 1 is 1.06 bits per heavy atom. The highest BCUT2D eigenvalue weighted by atomic mass is 127. The molecule has 0 aliphatic carbocycles. The molecule has 0 atom stereocenters. The fourth-order valence-electron chi connectivity index (χ4n) is 4.59. The van der Waals surface area contributed by atoms with Gasteiger partial charge in [-0.1, -0.05) is 36.4 Å². The van der Waals surface area contributed by atoms with Crippen LogP contribution < -0.4 is 4.74 Å². The summed E-state index contributed by atoms with van der Waals surface area (Å²) >= 11 is 2.30. The largest absolute Gasteiger partial charge is 0.500 e. The first kappa shape index (κ1) is 23.8. The first-order valence-electron chi connectivity index (χ1n) is 11.0. The van der Waals surface area contributed by atoms with Crippen molar-refractivity contribution in [3.05, 3.63) is 81.4 Å². The van der Waals surface area contributed by atoms with Crippen molar-refractivity contribution in [1.29, 1.82) is 0 Å². The molecule has 0 radical (unpaired) electrons. The molecule has 1 heterocycles. The van der Waals surface area contributed by atoms with Crippen LogP contribution in [0.15, 0.2) is 60.9 Å². The molecule has 0 saturated carbocycles. The van der Waals surface area contributed by atoms with Crippen molar-refractivity contribution in [2.24, 2.45) is 0 Å². The zero-order valence-electron chi connectivity index (χ0n) is 19.2. The smallest absolute Gasteiger partial charge is 0.161 e. The molecule has 0 unspecified atom stereocenters. The lowest BCUT2D eigenvalue weighted by Gasteiger charge is -2.41. The number of piperidine rings is 1. The van der Waals surface area contributed by atoms with Crippen LogP contribution in [0, 0.1) is 9.39 Å². The van der Waals surface area contributed by atoms with Gasteiger partial charge in [0.25, 0.3) is 0 Å². The van der Waals surface area contributed by atoms with E-state index in [1.165, 1.54) is 0 Å². The molecule has 1 fully saturated rings. The van der Waals surface area contributed by atoms with Gasteiger partial charge in [0.1, 0.15) is 17.8 Å². The van der Waals surface area contributed by atoms with Crippen molar-refractivity contribution in [2.45, 2.75) is 18.3 Å². The second-order valence-electron chi connectivity index (χ2n) is 8.58. The maximum absolute atomic E-state index is 13.6. The van der Waals surface area contributed by atoms with Gasteiger partial charge in [0.2, 0.25) is 0 Å². The molecule has 1 aliphatic heterocycles. The van der Waals surface area contributed by atoms with E-state index >= 15 is 0 Å². The van der Waals surface area contributed by atoms with Crippen molar-refractivity contribution in [1.82, 2.24) is 4.90 Å². The minimum atomic E-state index is -0.220. The van der Waals surface area contributed by atoms with Crippen LogP contribution >= 0.6 is 22.6 Å². The van der Waals surface area contributed by atoms with Crippen molar-refractivity contribution < 1.29 is 18.6 Å². The van der Waals surface area contributed by atoms with Crippen LogP contribution in [0.25, 0.3) is 16.5 Å². The van der Waals surface area contributed by atoms with Crippen LogP contribution in [0.5, 0.6) is 5.75 Å². The van der Waals surface area contributed by atoms with Gasteiger partial charge in [0.05, 0.1) is 24.4 Å². The number of ether oxygens (including phenoxy) is 3. The molecule has 33 heavy (non-hydrogen) atoms. The maximum Gasteiger partial charge on any atom is 0.161 e. The highest BCUT2D eigenvalue weighted by Crippen LogP contribution is 2.40. The van der Waals surface area contributed by atoms with Crippen LogP contribution in [0.3, 0.4) is 0 Å². The predicted octanol–water partition coefficient (Wildman–Crippen LogP) is 6.22. The Morgan fingerprint density at radius 3 is 2.36 bits per heavy atom. The number of hydrogen-bond acceptors (Lipinski definition) is 4. The molecule has 3 aromatic carbocycles. The molecule has 0 bridgehead atoms. The summed E-state index contributed by atoms with van der Waals surface area (Å²) in [6.07, 6.45) is 3.55. The van der Waals surface area contributed by atoms with Crippen LogP contribution in [0.2, 0.25) is 0 Å². The highest BCUT2D eigenvalue weighted by molar-refractivity contribution is 14.1. The summed E-state index contributed by atoms with van der Waals surface area (Å²) in [5, 5.41) is 2.07. The minimum absolute atomic E-state index is 0.192. The van der Waals surface area contributed by atoms with Crippen molar-refractivity contribution in [3.63, 3.8) is 0 Å². The van der Waals surface area contributed by atoms with Crippen LogP contribution in [0.4, 0.5) is 4.39 Å². The topological polar surface area (TPSA) is 30.9 Å². The number of nitrogens with zero attached hydrogens (tertiary/aromatic N) is 1. The first-order chi connectivity index (χ1) is 16.0. The maximum atomic E-state index is 13.6. The molecule has 0 amide bonds. The van der Waals surface area contributed by atoms with Gasteiger partial charge < -0.3 is 19.1 Å². The molecular weight excluding hydrogens is 532 g/mol. The standard InChI is InChI=1S/C27H29FINO3/c1-30-14-12-27(13-15-30,19-8-10-20(28)11-9-19)18-33-25(17-31-2)23-16-24(29)26(32-3)22-7-5-4-6-21(22)23/h4-11,16-17H,12-15,18H2,1-3H3. The molecule has 3 aromatic rings. The van der Waals surface area contributed by atoms with Crippen LogP contribution in [-0.4, -0.2) is 45.9 Å². The van der Waals surface area contributed by atoms with Gasteiger partial charge in [-0.2, -0.15) is 0 Å². The van der Waals surface area contributed by atoms with E-state index in [2.05, 4.69) is 52.7 Å². The lowest BCUT2D eigenvalue weighted by atomic mass is 9.73. The van der Waals surface area contributed by atoms with Gasteiger partial charge in [0, 0.05) is 16.4 Å². The van der Waals surface area contributed by atoms with E-state index in [0.29, 0.717) is 12.4 Å². The van der Waals surface area contributed by atoms with Crippen LogP contribution in [-0.2, 0) is 14.9 Å². The summed E-state index contributed by atoms with van der Waals surface area (Å²) in [6.45, 7) is 2.42. The van der Waals surface area contributed by atoms with E-state index in [1.807, 2.05) is 24.3 Å². The third kappa shape index (κ3) is 4.96. The summed E-state index contributed by atoms with van der Waals surface area (Å²) in [5.41, 5.74) is 1.88.